The second-order valence-electron chi connectivity index (χ2n) is 11.2. The Morgan fingerprint density at radius 3 is 2.38 bits per heavy atom. The van der Waals surface area contributed by atoms with Gasteiger partial charge in [-0.1, -0.05) is 24.3 Å². The fraction of sp³-hybridized carbons (Fsp3) is 0.567. The summed E-state index contributed by atoms with van der Waals surface area (Å²) in [4.78, 5) is 47.7. The molecule has 9 heteroatoms. The Morgan fingerprint density at radius 2 is 1.72 bits per heavy atom. The van der Waals surface area contributed by atoms with Crippen LogP contribution in [0.2, 0.25) is 0 Å². The molecule has 1 spiro atoms. The molecular formula is C30H39N3O6. The molecule has 1 unspecified atom stereocenters. The first-order chi connectivity index (χ1) is 18.7. The summed E-state index contributed by atoms with van der Waals surface area (Å²) in [6, 6.07) is 6.42. The van der Waals surface area contributed by atoms with Crippen LogP contribution in [0.15, 0.2) is 48.6 Å². The highest BCUT2D eigenvalue weighted by Crippen LogP contribution is 2.57. The minimum atomic E-state index is -1.27. The number of ether oxygens (including phenoxy) is 2. The summed E-state index contributed by atoms with van der Waals surface area (Å²) in [6.45, 7) is 9.29. The van der Waals surface area contributed by atoms with Gasteiger partial charge in [0.2, 0.25) is 17.7 Å². The van der Waals surface area contributed by atoms with Crippen LogP contribution in [-0.4, -0.2) is 88.8 Å². The van der Waals surface area contributed by atoms with Crippen molar-refractivity contribution >= 4 is 23.4 Å². The fourth-order valence-electron chi connectivity index (χ4n) is 6.76. The van der Waals surface area contributed by atoms with Crippen molar-refractivity contribution in [1.29, 1.82) is 0 Å². The number of aliphatic hydroxyl groups is 1. The Labute approximate surface area is 230 Å². The molecule has 2 saturated heterocycles. The van der Waals surface area contributed by atoms with E-state index in [1.165, 1.54) is 0 Å². The monoisotopic (exact) mass is 537 g/mol. The third-order valence-corrected chi connectivity index (χ3v) is 8.48. The number of fused-ring (bicyclic) bond motifs is 2. The summed E-state index contributed by atoms with van der Waals surface area (Å²) in [6.07, 6.45) is 8.64. The van der Waals surface area contributed by atoms with E-state index in [9.17, 15) is 19.5 Å². The molecule has 0 aromatic heterocycles. The smallest absolute Gasteiger partial charge is 0.249 e. The number of unbranched alkanes of at least 4 members (excludes halogenated alkanes) is 1. The second-order valence-corrected chi connectivity index (χ2v) is 11.2. The molecule has 4 aliphatic heterocycles. The van der Waals surface area contributed by atoms with Crippen LogP contribution in [0.4, 0.5) is 5.69 Å². The largest absolute Gasteiger partial charge is 0.494 e. The van der Waals surface area contributed by atoms with Crippen molar-refractivity contribution in [1.82, 2.24) is 9.80 Å². The van der Waals surface area contributed by atoms with E-state index in [2.05, 4.69) is 0 Å². The van der Waals surface area contributed by atoms with Gasteiger partial charge in [-0.3, -0.25) is 14.4 Å². The molecule has 5 atom stereocenters. The SMILES string of the molecule is CCOc1ccc(N2CC=C[C@@]3(C)O[C@]45C=CCN(C(C)C)C(=O)C4N(CCCCO)C(=O)[C@@H]5[C@H]3C2=O)cc1. The summed E-state index contributed by atoms with van der Waals surface area (Å²) in [7, 11) is 0. The van der Waals surface area contributed by atoms with Crippen molar-refractivity contribution in [3.8, 4) is 5.75 Å². The van der Waals surface area contributed by atoms with E-state index in [0.717, 1.165) is 5.75 Å². The van der Waals surface area contributed by atoms with Crippen LogP contribution in [0.5, 0.6) is 5.75 Å². The van der Waals surface area contributed by atoms with Crippen LogP contribution in [0, 0.1) is 11.8 Å². The molecule has 1 aromatic carbocycles. The van der Waals surface area contributed by atoms with Crippen molar-refractivity contribution in [2.24, 2.45) is 11.8 Å². The summed E-state index contributed by atoms with van der Waals surface area (Å²) in [5.74, 6) is -1.57. The van der Waals surface area contributed by atoms with Gasteiger partial charge < -0.3 is 29.3 Å². The molecule has 0 saturated carbocycles. The first kappa shape index (κ1) is 27.4. The molecule has 210 valence electrons. The van der Waals surface area contributed by atoms with Gasteiger partial charge in [0.25, 0.3) is 0 Å². The molecular weight excluding hydrogens is 498 g/mol. The topological polar surface area (TPSA) is 99.6 Å². The Morgan fingerprint density at radius 1 is 1.00 bits per heavy atom. The van der Waals surface area contributed by atoms with Crippen LogP contribution < -0.4 is 9.64 Å². The van der Waals surface area contributed by atoms with Gasteiger partial charge in [0.1, 0.15) is 17.4 Å². The maximum absolute atomic E-state index is 14.4. The quantitative estimate of drug-likeness (QED) is 0.404. The lowest BCUT2D eigenvalue weighted by Gasteiger charge is -2.38. The van der Waals surface area contributed by atoms with E-state index in [0.29, 0.717) is 44.8 Å². The van der Waals surface area contributed by atoms with Gasteiger partial charge in [-0.05, 0) is 64.8 Å². The lowest BCUT2D eigenvalue weighted by molar-refractivity contribution is -0.152. The number of rotatable bonds is 8. The van der Waals surface area contributed by atoms with E-state index in [1.807, 2.05) is 76.3 Å². The molecule has 2 fully saturated rings. The standard InChI is InChI=1S/C30H39N3O6/c1-5-38-22-12-10-21(11-13-22)32-18-8-14-29(4)23(26(32)35)24-27(36)33(16-6-7-19-34)25-28(37)31(20(2)3)17-9-15-30(24,25)39-29/h8-15,20,23-25,34H,5-7,16-19H2,1-4H3/t23-,24-,25?,29+,30-/m0/s1. The Kier molecular flexibility index (Phi) is 7.33. The summed E-state index contributed by atoms with van der Waals surface area (Å²) in [5, 5.41) is 9.37. The summed E-state index contributed by atoms with van der Waals surface area (Å²) >= 11 is 0. The zero-order chi connectivity index (χ0) is 27.9. The van der Waals surface area contributed by atoms with E-state index < -0.39 is 29.1 Å². The maximum Gasteiger partial charge on any atom is 0.249 e. The number of carbonyl (C=O) groups excluding carboxylic acids is 3. The van der Waals surface area contributed by atoms with Crippen molar-refractivity contribution in [2.75, 3.05) is 37.7 Å². The number of hydrogen-bond donors (Lipinski definition) is 1. The van der Waals surface area contributed by atoms with Crippen molar-refractivity contribution in [2.45, 2.75) is 63.8 Å². The van der Waals surface area contributed by atoms with E-state index in [1.54, 1.807) is 14.7 Å². The Bertz CT molecular complexity index is 1180. The van der Waals surface area contributed by atoms with E-state index in [4.69, 9.17) is 9.47 Å². The zero-order valence-electron chi connectivity index (χ0n) is 23.2. The number of likely N-dealkylation sites (tertiary alicyclic amines) is 1. The third kappa shape index (κ3) is 4.36. The highest BCUT2D eigenvalue weighted by atomic mass is 16.5. The maximum atomic E-state index is 14.4. The third-order valence-electron chi connectivity index (χ3n) is 8.48. The number of benzene rings is 1. The molecule has 1 aromatic rings. The minimum Gasteiger partial charge on any atom is -0.494 e. The summed E-state index contributed by atoms with van der Waals surface area (Å²) in [5.41, 5.74) is -1.62. The first-order valence-corrected chi connectivity index (χ1v) is 14.0. The molecule has 0 radical (unpaired) electrons. The molecule has 1 N–H and O–H groups in total. The van der Waals surface area contributed by atoms with E-state index in [-0.39, 0.29) is 30.4 Å². The molecule has 4 heterocycles. The fourth-order valence-corrected chi connectivity index (χ4v) is 6.76. The molecule has 5 rings (SSSR count). The molecule has 3 amide bonds. The van der Waals surface area contributed by atoms with Gasteiger partial charge >= 0.3 is 0 Å². The average Bonchev–Trinajstić information content (AvgIpc) is 3.15. The predicted molar refractivity (Wildman–Crippen MR) is 146 cm³/mol. The van der Waals surface area contributed by atoms with Crippen LogP contribution in [-0.2, 0) is 19.1 Å². The second kappa shape index (κ2) is 10.4. The van der Waals surface area contributed by atoms with Crippen LogP contribution >= 0.6 is 0 Å². The minimum absolute atomic E-state index is 0.00472. The molecule has 0 aliphatic carbocycles. The van der Waals surface area contributed by atoms with E-state index >= 15 is 0 Å². The zero-order valence-corrected chi connectivity index (χ0v) is 23.2. The van der Waals surface area contributed by atoms with Crippen molar-refractivity contribution in [3.05, 3.63) is 48.6 Å². The van der Waals surface area contributed by atoms with Crippen LogP contribution in [0.3, 0.4) is 0 Å². The number of nitrogens with zero attached hydrogens (tertiary/aromatic N) is 3. The normalized spacial score (nSPS) is 31.9. The summed E-state index contributed by atoms with van der Waals surface area (Å²) < 4.78 is 12.4. The number of aliphatic hydroxyl groups excluding tert-OH is 1. The van der Waals surface area contributed by atoms with Crippen LogP contribution in [0.1, 0.15) is 40.5 Å². The van der Waals surface area contributed by atoms with Gasteiger partial charge in [-0.15, -0.1) is 0 Å². The average molecular weight is 538 g/mol. The first-order valence-electron chi connectivity index (χ1n) is 14.0. The number of anilines is 1. The molecule has 4 aliphatic rings. The highest BCUT2D eigenvalue weighted by molar-refractivity contribution is 6.04. The van der Waals surface area contributed by atoms with Crippen molar-refractivity contribution in [3.63, 3.8) is 0 Å². The highest BCUT2D eigenvalue weighted by Gasteiger charge is 2.74. The Hall–Kier alpha value is -3.17. The lowest BCUT2D eigenvalue weighted by Crippen LogP contribution is -2.57. The van der Waals surface area contributed by atoms with Gasteiger partial charge in [0.05, 0.1) is 24.0 Å². The number of carbonyl (C=O) groups is 3. The number of hydrogen-bond acceptors (Lipinski definition) is 6. The Balaban J connectivity index is 1.57. The van der Waals surface area contributed by atoms with Gasteiger partial charge in [0.15, 0.2) is 0 Å². The van der Waals surface area contributed by atoms with Gasteiger partial charge in [-0.2, -0.15) is 0 Å². The van der Waals surface area contributed by atoms with Crippen molar-refractivity contribution < 1.29 is 29.0 Å². The molecule has 0 bridgehead atoms. The van der Waals surface area contributed by atoms with Gasteiger partial charge in [0, 0.05) is 38.0 Å². The molecule has 9 nitrogen and oxygen atoms in total. The van der Waals surface area contributed by atoms with Crippen LogP contribution in [0.25, 0.3) is 0 Å². The molecule has 39 heavy (non-hydrogen) atoms. The predicted octanol–water partition coefficient (Wildman–Crippen LogP) is 2.54. The lowest BCUT2D eigenvalue weighted by atomic mass is 9.74. The number of amides is 3. The van der Waals surface area contributed by atoms with Gasteiger partial charge in [-0.25, -0.2) is 0 Å².